The zero-order valence-electron chi connectivity index (χ0n) is 20.4. The molecular weight excluding hydrogens is 495 g/mol. The molecule has 1 fully saturated rings. The van der Waals surface area contributed by atoms with E-state index in [0.29, 0.717) is 43.0 Å². The third-order valence-electron chi connectivity index (χ3n) is 6.45. The fourth-order valence-electron chi connectivity index (χ4n) is 4.11. The van der Waals surface area contributed by atoms with E-state index >= 15 is 0 Å². The summed E-state index contributed by atoms with van der Waals surface area (Å²) in [4.78, 5) is 21.1. The molecule has 0 aliphatic heterocycles. The van der Waals surface area contributed by atoms with E-state index in [9.17, 15) is 26.4 Å². The minimum Gasteiger partial charge on any atom is -0.346 e. The largest absolute Gasteiger partial charge is 0.391 e. The summed E-state index contributed by atoms with van der Waals surface area (Å²) in [5.41, 5.74) is 4.14. The number of aromatic nitrogens is 2. The molecule has 0 bridgehead atoms. The van der Waals surface area contributed by atoms with E-state index in [-0.39, 0.29) is 41.9 Å². The summed E-state index contributed by atoms with van der Waals surface area (Å²) in [6.45, 7) is 4.77. The van der Waals surface area contributed by atoms with Gasteiger partial charge in [-0.2, -0.15) is 13.2 Å². The molecule has 1 aliphatic rings. The molecule has 2 aromatic heterocycles. The van der Waals surface area contributed by atoms with Crippen molar-refractivity contribution in [3.8, 4) is 0 Å². The van der Waals surface area contributed by atoms with Crippen LogP contribution < -0.4 is 15.8 Å². The highest BCUT2D eigenvalue weighted by atomic mass is 32.2. The molecule has 36 heavy (non-hydrogen) atoms. The third kappa shape index (κ3) is 7.39. The molecule has 12 heteroatoms. The van der Waals surface area contributed by atoms with Gasteiger partial charge in [-0.25, -0.2) is 18.8 Å². The van der Waals surface area contributed by atoms with Crippen LogP contribution in [-0.4, -0.2) is 49.3 Å². The van der Waals surface area contributed by atoms with Crippen LogP contribution in [0.5, 0.6) is 0 Å². The number of rotatable bonds is 10. The van der Waals surface area contributed by atoms with Gasteiger partial charge in [-0.3, -0.25) is 14.8 Å². The number of hydrazine groups is 1. The first-order valence-corrected chi connectivity index (χ1v) is 13.7. The van der Waals surface area contributed by atoms with E-state index in [2.05, 4.69) is 20.7 Å². The Hall–Kier alpha value is -2.73. The van der Waals surface area contributed by atoms with Gasteiger partial charge in [0, 0.05) is 25.5 Å². The Balaban J connectivity index is 1.49. The first-order chi connectivity index (χ1) is 17.0. The van der Waals surface area contributed by atoms with Crippen molar-refractivity contribution in [2.45, 2.75) is 57.1 Å². The third-order valence-corrected chi connectivity index (χ3v) is 8.17. The maximum absolute atomic E-state index is 12.9. The molecule has 0 saturated heterocycles. The summed E-state index contributed by atoms with van der Waals surface area (Å²) in [7, 11) is -3.33. The second-order valence-electron chi connectivity index (χ2n) is 8.84. The number of carbonyl (C=O) groups excluding carboxylic acids is 1. The fraction of sp³-hybridized carbons (Fsp3) is 0.542. The molecule has 2 N–H and O–H groups in total. The van der Waals surface area contributed by atoms with Crippen LogP contribution in [0.25, 0.3) is 0 Å². The van der Waals surface area contributed by atoms with Crippen molar-refractivity contribution >= 4 is 21.6 Å². The molecule has 2 heterocycles. The van der Waals surface area contributed by atoms with Crippen LogP contribution in [0, 0.1) is 11.8 Å². The van der Waals surface area contributed by atoms with Crippen LogP contribution in [0.15, 0.2) is 41.6 Å². The van der Waals surface area contributed by atoms with Crippen LogP contribution in [-0.2, 0) is 16.4 Å². The van der Waals surface area contributed by atoms with Gasteiger partial charge in [-0.1, -0.05) is 6.92 Å². The van der Waals surface area contributed by atoms with Crippen LogP contribution >= 0.6 is 0 Å². The lowest BCUT2D eigenvalue weighted by Gasteiger charge is -2.32. The molecule has 1 aliphatic carbocycles. The highest BCUT2D eigenvalue weighted by Gasteiger charge is 2.41. The summed E-state index contributed by atoms with van der Waals surface area (Å²) in [6, 6.07) is 6.37. The number of amides is 1. The quantitative estimate of drug-likeness (QED) is 0.452. The van der Waals surface area contributed by atoms with E-state index in [1.165, 1.54) is 18.5 Å². The van der Waals surface area contributed by atoms with Gasteiger partial charge >= 0.3 is 6.18 Å². The number of sulfone groups is 1. The number of pyridine rings is 2. The van der Waals surface area contributed by atoms with Crippen LogP contribution in [0.3, 0.4) is 0 Å². The molecule has 1 saturated carbocycles. The van der Waals surface area contributed by atoms with Crippen molar-refractivity contribution in [3.05, 3.63) is 47.9 Å². The number of carbonyl (C=O) groups is 1. The molecule has 0 atom stereocenters. The van der Waals surface area contributed by atoms with Crippen molar-refractivity contribution in [1.82, 2.24) is 20.7 Å². The van der Waals surface area contributed by atoms with Gasteiger partial charge in [0.25, 0.3) is 5.91 Å². The van der Waals surface area contributed by atoms with Crippen molar-refractivity contribution < 1.29 is 26.4 Å². The maximum Gasteiger partial charge on any atom is 0.391 e. The second-order valence-corrected chi connectivity index (χ2v) is 11.1. The summed E-state index contributed by atoms with van der Waals surface area (Å²) in [5.74, 6) is -0.774. The number of halogens is 3. The molecule has 0 spiro atoms. The molecule has 2 aromatic rings. The minimum atomic E-state index is -4.11. The Labute approximate surface area is 209 Å². The zero-order chi connectivity index (χ0) is 26.3. The molecule has 198 valence electrons. The van der Waals surface area contributed by atoms with Gasteiger partial charge in [-0.15, -0.1) is 0 Å². The lowest BCUT2D eigenvalue weighted by Crippen LogP contribution is -2.42. The Morgan fingerprint density at radius 2 is 1.78 bits per heavy atom. The molecule has 0 radical (unpaired) electrons. The molecule has 1 amide bonds. The number of nitrogens with zero attached hydrogens (tertiary/aromatic N) is 3. The van der Waals surface area contributed by atoms with Gasteiger partial charge in [0.15, 0.2) is 9.84 Å². The summed E-state index contributed by atoms with van der Waals surface area (Å²) in [6.07, 6.45) is 0.0350. The van der Waals surface area contributed by atoms with Crippen molar-refractivity contribution in [3.63, 3.8) is 0 Å². The average Bonchev–Trinajstić information content (AvgIpc) is 2.88. The van der Waals surface area contributed by atoms with Gasteiger partial charge in [0.1, 0.15) is 5.82 Å². The molecule has 0 aromatic carbocycles. The van der Waals surface area contributed by atoms with E-state index in [0.717, 1.165) is 0 Å². The van der Waals surface area contributed by atoms with Crippen molar-refractivity contribution in [2.24, 2.45) is 11.8 Å². The number of alkyl halides is 3. The molecule has 0 unspecified atom stereocenters. The predicted molar refractivity (Wildman–Crippen MR) is 130 cm³/mol. The van der Waals surface area contributed by atoms with E-state index < -0.39 is 21.9 Å². The summed E-state index contributed by atoms with van der Waals surface area (Å²) < 4.78 is 62.3. The van der Waals surface area contributed by atoms with Crippen LogP contribution in [0.4, 0.5) is 19.0 Å². The molecule has 3 rings (SSSR count). The van der Waals surface area contributed by atoms with E-state index in [1.54, 1.807) is 25.1 Å². The number of nitrogens with one attached hydrogen (secondary N) is 2. The SMILES string of the molecule is CCN(NCC1CCC(C(F)(F)F)CC1)c1ccc(C(=O)NCc2ccc(S(=O)(=O)CC)cn2)cn1. The number of hydrogen-bond donors (Lipinski definition) is 2. The lowest BCUT2D eigenvalue weighted by atomic mass is 9.82. The summed E-state index contributed by atoms with van der Waals surface area (Å²) >= 11 is 0. The first kappa shape index (κ1) is 27.9. The molecule has 8 nitrogen and oxygen atoms in total. The Morgan fingerprint density at radius 3 is 2.31 bits per heavy atom. The van der Waals surface area contributed by atoms with Crippen molar-refractivity contribution in [1.29, 1.82) is 0 Å². The topological polar surface area (TPSA) is 104 Å². The number of anilines is 1. The van der Waals surface area contributed by atoms with E-state index in [1.807, 2.05) is 11.9 Å². The van der Waals surface area contributed by atoms with Gasteiger partial charge in [0.05, 0.1) is 34.4 Å². The highest BCUT2D eigenvalue weighted by molar-refractivity contribution is 7.91. The minimum absolute atomic E-state index is 0.0122. The smallest absolute Gasteiger partial charge is 0.346 e. The molecular formula is C24H32F3N5O3S. The highest BCUT2D eigenvalue weighted by Crippen LogP contribution is 2.39. The fourth-order valence-corrected chi connectivity index (χ4v) is 4.93. The van der Waals surface area contributed by atoms with Gasteiger partial charge < -0.3 is 5.32 Å². The van der Waals surface area contributed by atoms with Crippen LogP contribution in [0.2, 0.25) is 0 Å². The second kappa shape index (κ2) is 12.0. The maximum atomic E-state index is 12.9. The monoisotopic (exact) mass is 527 g/mol. The Morgan fingerprint density at radius 1 is 1.06 bits per heavy atom. The normalized spacial score (nSPS) is 18.6. The Bertz CT molecular complexity index is 1100. The predicted octanol–water partition coefficient (Wildman–Crippen LogP) is 3.90. The van der Waals surface area contributed by atoms with Gasteiger partial charge in [0.2, 0.25) is 0 Å². The van der Waals surface area contributed by atoms with Crippen molar-refractivity contribution in [2.75, 3.05) is 23.9 Å². The first-order valence-electron chi connectivity index (χ1n) is 12.0. The van der Waals surface area contributed by atoms with Gasteiger partial charge in [-0.05, 0) is 62.8 Å². The standard InChI is InChI=1S/C24H32F3N5O3S/c1-3-32(31-13-17-5-8-19(9-6-17)24(25,26)27)22-12-7-18(14-29-22)23(33)30-15-20-10-11-21(16-28-20)36(34,35)4-2/h7,10-12,14,16-17,19,31H,3-6,8-9,13,15H2,1-2H3,(H,30,33). The zero-order valence-corrected chi connectivity index (χ0v) is 21.2. The summed E-state index contributed by atoms with van der Waals surface area (Å²) in [5, 5.41) is 4.55. The van der Waals surface area contributed by atoms with E-state index in [4.69, 9.17) is 0 Å². The Kier molecular flexibility index (Phi) is 9.29. The lowest BCUT2D eigenvalue weighted by molar-refractivity contribution is -0.183. The average molecular weight is 528 g/mol. The number of hydrogen-bond acceptors (Lipinski definition) is 7. The van der Waals surface area contributed by atoms with Crippen LogP contribution in [0.1, 0.15) is 55.6 Å².